The summed E-state index contributed by atoms with van der Waals surface area (Å²) in [7, 11) is 2.11. The van der Waals surface area contributed by atoms with Crippen molar-refractivity contribution in [2.45, 2.75) is 44.9 Å². The van der Waals surface area contributed by atoms with Gasteiger partial charge in [0.25, 0.3) is 5.91 Å². The zero-order valence-electron chi connectivity index (χ0n) is 18.8. The summed E-state index contributed by atoms with van der Waals surface area (Å²) in [4.78, 5) is 31.9. The molecule has 0 aliphatic carbocycles. The molecule has 7 heteroatoms. The summed E-state index contributed by atoms with van der Waals surface area (Å²) in [5.74, 6) is 2.16. The molecule has 2 aromatic heterocycles. The molecule has 0 saturated carbocycles. The van der Waals surface area contributed by atoms with Gasteiger partial charge in [0.05, 0.1) is 5.01 Å². The predicted octanol–water partition coefficient (Wildman–Crippen LogP) is 4.23. The fraction of sp³-hybridized carbons (Fsp3) is 0.440. The van der Waals surface area contributed by atoms with E-state index in [2.05, 4.69) is 36.0 Å². The Morgan fingerprint density at radius 3 is 2.81 bits per heavy atom. The molecule has 1 amide bonds. The van der Waals surface area contributed by atoms with Crippen LogP contribution in [-0.2, 0) is 12.8 Å². The maximum atomic E-state index is 13.2. The minimum atomic E-state index is 0.0251. The van der Waals surface area contributed by atoms with Gasteiger partial charge in [0.15, 0.2) is 0 Å². The monoisotopic (exact) mass is 447 g/mol. The van der Waals surface area contributed by atoms with Crippen LogP contribution in [-0.4, -0.2) is 52.4 Å². The first-order chi connectivity index (χ1) is 15.6. The number of aryl methyl sites for hydroxylation is 1. The third-order valence-electron chi connectivity index (χ3n) is 6.53. The van der Waals surface area contributed by atoms with Crippen LogP contribution in [0.2, 0.25) is 0 Å². The Labute approximate surface area is 193 Å². The van der Waals surface area contributed by atoms with E-state index in [1.54, 1.807) is 11.3 Å². The molecule has 1 aromatic carbocycles. The molecule has 2 aliphatic rings. The number of hydrogen-bond donors (Lipinski definition) is 0. The Balaban J connectivity index is 1.31. The number of likely N-dealkylation sites (tertiary alicyclic amines) is 1. The second-order valence-electron chi connectivity index (χ2n) is 8.87. The van der Waals surface area contributed by atoms with Gasteiger partial charge in [-0.15, -0.1) is 11.3 Å². The van der Waals surface area contributed by atoms with E-state index in [1.165, 1.54) is 11.1 Å². The Hall–Kier alpha value is -2.80. The minimum absolute atomic E-state index is 0.0251. The zero-order chi connectivity index (χ0) is 22.1. The number of amides is 1. The summed E-state index contributed by atoms with van der Waals surface area (Å²) >= 11 is 1.56. The molecule has 0 radical (unpaired) electrons. The van der Waals surface area contributed by atoms with Gasteiger partial charge in [0.2, 0.25) is 0 Å². The van der Waals surface area contributed by atoms with Crippen molar-refractivity contribution in [2.24, 2.45) is 0 Å². The van der Waals surface area contributed by atoms with Gasteiger partial charge < -0.3 is 9.80 Å². The molecule has 0 bridgehead atoms. The van der Waals surface area contributed by atoms with E-state index in [9.17, 15) is 4.79 Å². The van der Waals surface area contributed by atoms with Crippen LogP contribution in [0, 0.1) is 6.92 Å². The number of piperidine rings is 1. The number of thiazole rings is 1. The number of nitrogens with zero attached hydrogens (tertiary/aromatic N) is 5. The van der Waals surface area contributed by atoms with Crippen LogP contribution >= 0.6 is 11.3 Å². The van der Waals surface area contributed by atoms with Gasteiger partial charge in [-0.2, -0.15) is 0 Å². The molecule has 32 heavy (non-hydrogen) atoms. The first kappa shape index (κ1) is 21.1. The Bertz CT molecular complexity index is 1110. The fourth-order valence-electron chi connectivity index (χ4n) is 4.79. The number of anilines is 1. The lowest BCUT2D eigenvalue weighted by molar-refractivity contribution is 0.0699. The highest BCUT2D eigenvalue weighted by molar-refractivity contribution is 7.09. The number of carbonyl (C=O) groups excluding carboxylic acids is 1. The van der Waals surface area contributed by atoms with Crippen LogP contribution in [0.25, 0.3) is 0 Å². The number of carbonyl (C=O) groups is 1. The van der Waals surface area contributed by atoms with Crippen molar-refractivity contribution in [3.63, 3.8) is 0 Å². The summed E-state index contributed by atoms with van der Waals surface area (Å²) in [6.07, 6.45) is 4.95. The first-order valence-electron chi connectivity index (χ1n) is 11.4. The average Bonchev–Trinajstić information content (AvgIpc) is 3.28. The topological polar surface area (TPSA) is 62.2 Å². The Morgan fingerprint density at radius 1 is 1.12 bits per heavy atom. The molecule has 2 aliphatic heterocycles. The molecule has 0 N–H and O–H groups in total. The molecule has 6 nitrogen and oxygen atoms in total. The molecular weight excluding hydrogens is 418 g/mol. The number of fused-ring (bicyclic) bond motifs is 1. The van der Waals surface area contributed by atoms with Crippen LogP contribution in [0.15, 0.2) is 35.7 Å². The average molecular weight is 448 g/mol. The Morgan fingerprint density at radius 2 is 1.97 bits per heavy atom. The highest BCUT2D eigenvalue weighted by Crippen LogP contribution is 2.31. The number of benzene rings is 1. The first-order valence-corrected chi connectivity index (χ1v) is 12.3. The summed E-state index contributed by atoms with van der Waals surface area (Å²) in [5, 5.41) is 2.88. The standard InChI is InChI=1S/C25H29N5OS/c1-17-20-11-7-12-29(2)24(20)28-23(26-17)19-10-6-13-30(15-19)25(31)21-16-32-22(27-21)14-18-8-4-3-5-9-18/h3-5,8-9,16,19H,6-7,10-15H2,1-2H3/t19-/m1/s1. The van der Waals surface area contributed by atoms with Gasteiger partial charge in [-0.05, 0) is 38.2 Å². The number of hydrogen-bond acceptors (Lipinski definition) is 6. The lowest BCUT2D eigenvalue weighted by Gasteiger charge is -2.33. The second-order valence-corrected chi connectivity index (χ2v) is 9.82. The number of aromatic nitrogens is 3. The van der Waals surface area contributed by atoms with E-state index in [1.807, 2.05) is 28.5 Å². The minimum Gasteiger partial charge on any atom is -0.359 e. The van der Waals surface area contributed by atoms with Gasteiger partial charge in [-0.1, -0.05) is 30.3 Å². The fourth-order valence-corrected chi connectivity index (χ4v) is 5.59. The summed E-state index contributed by atoms with van der Waals surface area (Å²) < 4.78 is 0. The van der Waals surface area contributed by atoms with Crippen LogP contribution in [0.1, 0.15) is 63.3 Å². The third kappa shape index (κ3) is 4.26. The van der Waals surface area contributed by atoms with Gasteiger partial charge in [-0.3, -0.25) is 4.79 Å². The molecule has 0 spiro atoms. The van der Waals surface area contributed by atoms with Crippen LogP contribution in [0.4, 0.5) is 5.82 Å². The van der Waals surface area contributed by atoms with E-state index in [-0.39, 0.29) is 11.8 Å². The molecule has 4 heterocycles. The molecule has 1 saturated heterocycles. The lowest BCUT2D eigenvalue weighted by atomic mass is 9.96. The number of rotatable bonds is 4. The Kier molecular flexibility index (Phi) is 5.91. The van der Waals surface area contributed by atoms with Crippen molar-refractivity contribution in [2.75, 3.05) is 31.6 Å². The third-order valence-corrected chi connectivity index (χ3v) is 7.38. The van der Waals surface area contributed by atoms with Gasteiger partial charge in [0, 0.05) is 55.7 Å². The summed E-state index contributed by atoms with van der Waals surface area (Å²) in [5.41, 5.74) is 4.14. The van der Waals surface area contributed by atoms with E-state index >= 15 is 0 Å². The summed E-state index contributed by atoms with van der Waals surface area (Å²) in [6.45, 7) is 4.56. The van der Waals surface area contributed by atoms with Crippen LogP contribution in [0.5, 0.6) is 0 Å². The normalized spacial score (nSPS) is 18.5. The van der Waals surface area contributed by atoms with Crippen molar-refractivity contribution in [1.29, 1.82) is 0 Å². The molecule has 3 aromatic rings. The molecule has 0 unspecified atom stereocenters. The largest absolute Gasteiger partial charge is 0.359 e. The van der Waals surface area contributed by atoms with Crippen molar-refractivity contribution in [1.82, 2.24) is 19.9 Å². The van der Waals surface area contributed by atoms with Crippen molar-refractivity contribution in [3.05, 3.63) is 69.1 Å². The van der Waals surface area contributed by atoms with E-state index in [4.69, 9.17) is 9.97 Å². The molecule has 1 fully saturated rings. The summed E-state index contributed by atoms with van der Waals surface area (Å²) in [6, 6.07) is 10.3. The van der Waals surface area contributed by atoms with E-state index in [0.29, 0.717) is 12.2 Å². The predicted molar refractivity (Wildman–Crippen MR) is 128 cm³/mol. The van der Waals surface area contributed by atoms with Crippen molar-refractivity contribution >= 4 is 23.1 Å². The van der Waals surface area contributed by atoms with Crippen LogP contribution in [0.3, 0.4) is 0 Å². The molecule has 5 rings (SSSR count). The highest BCUT2D eigenvalue weighted by atomic mass is 32.1. The SMILES string of the molecule is Cc1nc([C@@H]2CCCN(C(=O)c3csc(Cc4ccccc4)n3)C2)nc2c1CCCN2C. The molecular formula is C25H29N5OS. The van der Waals surface area contributed by atoms with Crippen molar-refractivity contribution in [3.8, 4) is 0 Å². The van der Waals surface area contributed by atoms with Gasteiger partial charge in [-0.25, -0.2) is 15.0 Å². The maximum absolute atomic E-state index is 13.2. The highest BCUT2D eigenvalue weighted by Gasteiger charge is 2.30. The van der Waals surface area contributed by atoms with Gasteiger partial charge >= 0.3 is 0 Å². The molecule has 1 atom stereocenters. The lowest BCUT2D eigenvalue weighted by Crippen LogP contribution is -2.40. The van der Waals surface area contributed by atoms with Gasteiger partial charge in [0.1, 0.15) is 17.3 Å². The van der Waals surface area contributed by atoms with E-state index < -0.39 is 0 Å². The zero-order valence-corrected chi connectivity index (χ0v) is 19.6. The van der Waals surface area contributed by atoms with Crippen molar-refractivity contribution < 1.29 is 4.79 Å². The van der Waals surface area contributed by atoms with Crippen LogP contribution < -0.4 is 4.90 Å². The quantitative estimate of drug-likeness (QED) is 0.599. The second kappa shape index (κ2) is 8.98. The smallest absolute Gasteiger partial charge is 0.273 e. The van der Waals surface area contributed by atoms with E-state index in [0.717, 1.165) is 67.5 Å². The maximum Gasteiger partial charge on any atom is 0.273 e. The molecule has 166 valence electrons.